The minimum atomic E-state index is -0.382. The molecule has 1 aromatic heterocycles. The van der Waals surface area contributed by atoms with Crippen LogP contribution in [0.2, 0.25) is 0 Å². The average molecular weight is 412 g/mol. The van der Waals surface area contributed by atoms with Crippen LogP contribution in [0.3, 0.4) is 0 Å². The van der Waals surface area contributed by atoms with E-state index in [2.05, 4.69) is 20.5 Å². The van der Waals surface area contributed by atoms with Gasteiger partial charge in [-0.2, -0.15) is 0 Å². The number of thiazole rings is 1. The Morgan fingerprint density at radius 2 is 2.03 bits per heavy atom. The van der Waals surface area contributed by atoms with Gasteiger partial charge in [0, 0.05) is 31.6 Å². The fourth-order valence-electron chi connectivity index (χ4n) is 3.30. The predicted octanol–water partition coefficient (Wildman–Crippen LogP) is 3.62. The van der Waals surface area contributed by atoms with Gasteiger partial charge in [0.15, 0.2) is 0 Å². The highest BCUT2D eigenvalue weighted by molar-refractivity contribution is 7.13. The largest absolute Gasteiger partial charge is 0.496 e. The molecule has 2 N–H and O–H groups in total. The zero-order valence-corrected chi connectivity index (χ0v) is 16.8. The number of rotatable bonds is 5. The highest BCUT2D eigenvalue weighted by atomic mass is 32.1. The van der Waals surface area contributed by atoms with Gasteiger partial charge in [-0.3, -0.25) is 4.79 Å². The molecule has 0 atom stereocenters. The van der Waals surface area contributed by atoms with Crippen molar-refractivity contribution in [2.75, 3.05) is 43.5 Å². The first-order valence-corrected chi connectivity index (χ1v) is 10.2. The zero-order chi connectivity index (χ0) is 20.2. The molecule has 0 aliphatic carbocycles. The Hall–Kier alpha value is -2.97. The molecule has 0 unspecified atom stereocenters. The van der Waals surface area contributed by atoms with Gasteiger partial charge in [-0.05, 0) is 30.3 Å². The van der Waals surface area contributed by atoms with E-state index in [0.29, 0.717) is 16.3 Å². The number of nitrogens with zero attached hydrogens (tertiary/aromatic N) is 2. The molecule has 4 rings (SSSR count). The van der Waals surface area contributed by atoms with Gasteiger partial charge in [0.25, 0.3) is 5.91 Å². The lowest BCUT2D eigenvalue weighted by atomic mass is 10.2. The maximum absolute atomic E-state index is 13.7. The Kier molecular flexibility index (Phi) is 5.73. The quantitative estimate of drug-likeness (QED) is 0.670. The maximum atomic E-state index is 13.7. The van der Waals surface area contributed by atoms with Crippen molar-refractivity contribution in [3.05, 3.63) is 59.4 Å². The molecular formula is C21H21FN4O2S. The van der Waals surface area contributed by atoms with E-state index in [0.717, 1.165) is 37.6 Å². The lowest BCUT2D eigenvalue weighted by Crippen LogP contribution is -2.43. The molecule has 29 heavy (non-hydrogen) atoms. The molecule has 0 bridgehead atoms. The second-order valence-corrected chi connectivity index (χ2v) is 7.45. The van der Waals surface area contributed by atoms with Gasteiger partial charge in [0.1, 0.15) is 22.3 Å². The van der Waals surface area contributed by atoms with Crippen molar-refractivity contribution in [1.29, 1.82) is 0 Å². The fraction of sp³-hybridized carbons (Fsp3) is 0.238. The van der Waals surface area contributed by atoms with Gasteiger partial charge in [-0.1, -0.05) is 12.1 Å². The third-order valence-corrected chi connectivity index (χ3v) is 5.61. The molecule has 1 fully saturated rings. The highest BCUT2D eigenvalue weighted by Crippen LogP contribution is 2.33. The van der Waals surface area contributed by atoms with Gasteiger partial charge >= 0.3 is 0 Å². The summed E-state index contributed by atoms with van der Waals surface area (Å²) in [5.74, 6) is -0.172. The van der Waals surface area contributed by atoms with Gasteiger partial charge < -0.3 is 20.3 Å². The first-order chi connectivity index (χ1) is 14.2. The number of carbonyl (C=O) groups excluding carboxylic acids is 1. The van der Waals surface area contributed by atoms with Crippen molar-refractivity contribution in [1.82, 2.24) is 10.3 Å². The molecule has 0 saturated carbocycles. The average Bonchev–Trinajstić information content (AvgIpc) is 3.25. The van der Waals surface area contributed by atoms with E-state index in [4.69, 9.17) is 4.74 Å². The Labute approximate surface area is 172 Å². The lowest BCUT2D eigenvalue weighted by molar-refractivity contribution is 0.102. The normalized spacial score (nSPS) is 13.9. The Morgan fingerprint density at radius 1 is 1.24 bits per heavy atom. The molecular weight excluding hydrogens is 391 g/mol. The van der Waals surface area contributed by atoms with Gasteiger partial charge in [-0.15, -0.1) is 11.3 Å². The SMILES string of the molecule is COc1ccc(F)cc1-c1nc(C(=O)Nc2ccccc2N2CCNCC2)cs1. The van der Waals surface area contributed by atoms with Crippen LogP contribution in [0, 0.1) is 5.82 Å². The topological polar surface area (TPSA) is 66.5 Å². The van der Waals surface area contributed by atoms with Gasteiger partial charge in [0.05, 0.1) is 24.0 Å². The molecule has 8 heteroatoms. The number of carbonyl (C=O) groups is 1. The van der Waals surface area contributed by atoms with Crippen LogP contribution in [0.15, 0.2) is 47.8 Å². The second-order valence-electron chi connectivity index (χ2n) is 6.59. The summed E-state index contributed by atoms with van der Waals surface area (Å²) in [5.41, 5.74) is 2.55. The van der Waals surface area contributed by atoms with E-state index < -0.39 is 0 Å². The van der Waals surface area contributed by atoms with Crippen molar-refractivity contribution in [3.63, 3.8) is 0 Å². The number of anilines is 2. The van der Waals surface area contributed by atoms with E-state index in [1.807, 2.05) is 24.3 Å². The van der Waals surface area contributed by atoms with E-state index >= 15 is 0 Å². The van der Waals surface area contributed by atoms with E-state index in [9.17, 15) is 9.18 Å². The fourth-order valence-corrected chi connectivity index (χ4v) is 4.12. The minimum absolute atomic E-state index is 0.284. The molecule has 3 aromatic rings. The summed E-state index contributed by atoms with van der Waals surface area (Å²) in [6, 6.07) is 12.0. The minimum Gasteiger partial charge on any atom is -0.496 e. The monoisotopic (exact) mass is 412 g/mol. The van der Waals surface area contributed by atoms with Crippen LogP contribution in [0.4, 0.5) is 15.8 Å². The first kappa shape index (κ1) is 19.4. The van der Waals surface area contributed by atoms with Crippen molar-refractivity contribution < 1.29 is 13.9 Å². The number of halogens is 1. The number of nitrogens with one attached hydrogen (secondary N) is 2. The lowest BCUT2D eigenvalue weighted by Gasteiger charge is -2.31. The van der Waals surface area contributed by atoms with Gasteiger partial charge in [0.2, 0.25) is 0 Å². The molecule has 6 nitrogen and oxygen atoms in total. The summed E-state index contributed by atoms with van der Waals surface area (Å²) in [4.78, 5) is 19.5. The maximum Gasteiger partial charge on any atom is 0.275 e. The Morgan fingerprint density at radius 3 is 2.83 bits per heavy atom. The third-order valence-electron chi connectivity index (χ3n) is 4.74. The highest BCUT2D eigenvalue weighted by Gasteiger charge is 2.18. The summed E-state index contributed by atoms with van der Waals surface area (Å²) >= 11 is 1.27. The number of benzene rings is 2. The number of hydrogen-bond donors (Lipinski definition) is 2. The first-order valence-electron chi connectivity index (χ1n) is 9.31. The molecule has 1 saturated heterocycles. The van der Waals surface area contributed by atoms with E-state index in [1.165, 1.54) is 30.6 Å². The van der Waals surface area contributed by atoms with E-state index in [1.54, 1.807) is 11.4 Å². The van der Waals surface area contributed by atoms with Crippen molar-refractivity contribution >= 4 is 28.6 Å². The molecule has 150 valence electrons. The van der Waals surface area contributed by atoms with E-state index in [-0.39, 0.29) is 17.4 Å². The van der Waals surface area contributed by atoms with Crippen molar-refractivity contribution in [2.24, 2.45) is 0 Å². The van der Waals surface area contributed by atoms with Crippen LogP contribution >= 0.6 is 11.3 Å². The summed E-state index contributed by atoms with van der Waals surface area (Å²) in [6.07, 6.45) is 0. The molecule has 1 aliphatic rings. The summed E-state index contributed by atoms with van der Waals surface area (Å²) < 4.78 is 19.0. The number of para-hydroxylation sites is 2. The van der Waals surface area contributed by atoms with Crippen LogP contribution in [-0.2, 0) is 0 Å². The predicted molar refractivity (Wildman–Crippen MR) is 114 cm³/mol. The van der Waals surface area contributed by atoms with Crippen LogP contribution < -0.4 is 20.3 Å². The zero-order valence-electron chi connectivity index (χ0n) is 15.9. The third kappa shape index (κ3) is 4.23. The number of amides is 1. The van der Waals surface area contributed by atoms with Crippen LogP contribution in [-0.4, -0.2) is 44.2 Å². The smallest absolute Gasteiger partial charge is 0.275 e. The molecule has 1 amide bonds. The second kappa shape index (κ2) is 8.59. The molecule has 2 heterocycles. The number of hydrogen-bond acceptors (Lipinski definition) is 6. The van der Waals surface area contributed by atoms with Crippen LogP contribution in [0.25, 0.3) is 10.6 Å². The number of ether oxygens (including phenoxy) is 1. The van der Waals surface area contributed by atoms with Crippen LogP contribution in [0.5, 0.6) is 5.75 Å². The van der Waals surface area contributed by atoms with Crippen molar-refractivity contribution in [3.8, 4) is 16.3 Å². The summed E-state index contributed by atoms with van der Waals surface area (Å²) in [7, 11) is 1.52. The van der Waals surface area contributed by atoms with Crippen LogP contribution in [0.1, 0.15) is 10.5 Å². The Balaban J connectivity index is 1.56. The number of aromatic nitrogens is 1. The van der Waals surface area contributed by atoms with Crippen molar-refractivity contribution in [2.45, 2.75) is 0 Å². The molecule has 0 radical (unpaired) electrons. The summed E-state index contributed by atoms with van der Waals surface area (Å²) in [5, 5.41) is 8.49. The summed E-state index contributed by atoms with van der Waals surface area (Å²) in [6.45, 7) is 3.58. The molecule has 2 aromatic carbocycles. The Bertz CT molecular complexity index is 1020. The number of piperazine rings is 1. The molecule has 1 aliphatic heterocycles. The number of methoxy groups -OCH3 is 1. The standard InChI is InChI=1S/C21H21FN4O2S/c1-28-19-7-6-14(22)12-15(19)21-25-17(13-29-21)20(27)24-16-4-2-3-5-18(16)26-10-8-23-9-11-26/h2-7,12-13,23H,8-11H2,1H3,(H,24,27). The molecule has 0 spiro atoms. The van der Waals surface area contributed by atoms with Gasteiger partial charge in [-0.25, -0.2) is 9.37 Å².